The van der Waals surface area contributed by atoms with Crippen molar-refractivity contribution in [2.45, 2.75) is 6.04 Å². The zero-order valence-electron chi connectivity index (χ0n) is 15.6. The standard InChI is InChI=1S/C23H18N2O4/c1-29-18-9-5-8-17(14-18)25-20(15-6-3-2-4-7-15)19(22(27)23(25)28)21(26)16-10-12-24-13-11-16/h2-14,20,26H,1H3/b21-19+. The van der Waals surface area contributed by atoms with Crippen molar-refractivity contribution in [2.24, 2.45) is 0 Å². The second kappa shape index (κ2) is 7.59. The van der Waals surface area contributed by atoms with Gasteiger partial charge in [-0.15, -0.1) is 0 Å². The van der Waals surface area contributed by atoms with Gasteiger partial charge in [0.15, 0.2) is 0 Å². The van der Waals surface area contributed by atoms with Crippen LogP contribution in [-0.2, 0) is 9.59 Å². The number of aliphatic hydroxyl groups excluding tert-OH is 1. The van der Waals surface area contributed by atoms with E-state index in [4.69, 9.17) is 4.74 Å². The summed E-state index contributed by atoms with van der Waals surface area (Å²) in [4.78, 5) is 31.3. The van der Waals surface area contributed by atoms with Crippen LogP contribution < -0.4 is 9.64 Å². The molecule has 6 nitrogen and oxygen atoms in total. The van der Waals surface area contributed by atoms with Crippen molar-refractivity contribution in [3.05, 3.63) is 95.8 Å². The second-order valence-corrected chi connectivity index (χ2v) is 6.52. The summed E-state index contributed by atoms with van der Waals surface area (Å²) in [7, 11) is 1.53. The van der Waals surface area contributed by atoms with Gasteiger partial charge in [-0.3, -0.25) is 19.5 Å². The third-order valence-corrected chi connectivity index (χ3v) is 4.84. The van der Waals surface area contributed by atoms with Crippen LogP contribution in [0.5, 0.6) is 5.75 Å². The number of anilines is 1. The Kier molecular flexibility index (Phi) is 4.83. The van der Waals surface area contributed by atoms with E-state index < -0.39 is 17.7 Å². The number of benzene rings is 2. The van der Waals surface area contributed by atoms with E-state index in [1.807, 2.05) is 30.3 Å². The molecule has 2 aromatic carbocycles. The minimum absolute atomic E-state index is 0.0372. The number of Topliss-reactive ketones (excluding diaryl/α,β-unsaturated/α-hetero) is 1. The molecule has 1 fully saturated rings. The number of carbonyl (C=O) groups is 2. The fourth-order valence-corrected chi connectivity index (χ4v) is 3.48. The first-order valence-electron chi connectivity index (χ1n) is 9.02. The minimum Gasteiger partial charge on any atom is -0.507 e. The molecule has 1 aromatic heterocycles. The molecule has 6 heteroatoms. The van der Waals surface area contributed by atoms with E-state index in [9.17, 15) is 14.7 Å². The topological polar surface area (TPSA) is 79.7 Å². The highest BCUT2D eigenvalue weighted by atomic mass is 16.5. The summed E-state index contributed by atoms with van der Waals surface area (Å²) < 4.78 is 5.27. The van der Waals surface area contributed by atoms with E-state index in [2.05, 4.69) is 4.98 Å². The summed E-state index contributed by atoms with van der Waals surface area (Å²) in [5.41, 5.74) is 1.68. The van der Waals surface area contributed by atoms with Gasteiger partial charge >= 0.3 is 0 Å². The van der Waals surface area contributed by atoms with Crippen LogP contribution in [0.2, 0.25) is 0 Å². The number of amides is 1. The van der Waals surface area contributed by atoms with Crippen LogP contribution in [0.1, 0.15) is 17.2 Å². The molecular weight excluding hydrogens is 368 g/mol. The Bertz CT molecular complexity index is 1090. The molecule has 0 radical (unpaired) electrons. The second-order valence-electron chi connectivity index (χ2n) is 6.52. The maximum atomic E-state index is 13.0. The predicted octanol–water partition coefficient (Wildman–Crippen LogP) is 3.72. The Morgan fingerprint density at radius 3 is 2.41 bits per heavy atom. The van der Waals surface area contributed by atoms with Gasteiger partial charge in [0.1, 0.15) is 11.5 Å². The average molecular weight is 386 g/mol. The van der Waals surface area contributed by atoms with Crippen molar-refractivity contribution in [1.29, 1.82) is 0 Å². The van der Waals surface area contributed by atoms with E-state index in [0.717, 1.165) is 0 Å². The highest BCUT2D eigenvalue weighted by molar-refractivity contribution is 6.51. The van der Waals surface area contributed by atoms with Gasteiger partial charge in [0.2, 0.25) is 0 Å². The minimum atomic E-state index is -0.767. The van der Waals surface area contributed by atoms with E-state index in [0.29, 0.717) is 22.6 Å². The molecule has 1 N–H and O–H groups in total. The molecule has 1 unspecified atom stereocenters. The van der Waals surface area contributed by atoms with Gasteiger partial charge in [0.25, 0.3) is 11.7 Å². The number of aliphatic hydroxyl groups is 1. The molecule has 2 heterocycles. The van der Waals surface area contributed by atoms with Crippen molar-refractivity contribution in [2.75, 3.05) is 12.0 Å². The molecule has 1 atom stereocenters. The van der Waals surface area contributed by atoms with Gasteiger partial charge in [-0.25, -0.2) is 0 Å². The smallest absolute Gasteiger partial charge is 0.300 e. The van der Waals surface area contributed by atoms with Crippen LogP contribution in [0.3, 0.4) is 0 Å². The molecular formula is C23H18N2O4. The monoisotopic (exact) mass is 386 g/mol. The molecule has 1 aliphatic heterocycles. The fourth-order valence-electron chi connectivity index (χ4n) is 3.48. The first-order valence-corrected chi connectivity index (χ1v) is 9.02. The predicted molar refractivity (Wildman–Crippen MR) is 108 cm³/mol. The van der Waals surface area contributed by atoms with Gasteiger partial charge < -0.3 is 9.84 Å². The van der Waals surface area contributed by atoms with Crippen molar-refractivity contribution >= 4 is 23.1 Å². The molecule has 0 spiro atoms. The van der Waals surface area contributed by atoms with Crippen molar-refractivity contribution in [3.63, 3.8) is 0 Å². The van der Waals surface area contributed by atoms with E-state index in [-0.39, 0.29) is 11.3 Å². The quantitative estimate of drug-likeness (QED) is 0.420. The Balaban J connectivity index is 1.94. The van der Waals surface area contributed by atoms with E-state index >= 15 is 0 Å². The molecule has 3 aromatic rings. The summed E-state index contributed by atoms with van der Waals surface area (Å²) in [5, 5.41) is 10.9. The summed E-state index contributed by atoms with van der Waals surface area (Å²) in [6.45, 7) is 0. The Hall–Kier alpha value is -3.93. The number of aromatic nitrogens is 1. The van der Waals surface area contributed by atoms with Crippen LogP contribution in [-0.4, -0.2) is 28.9 Å². The maximum absolute atomic E-state index is 13.0. The van der Waals surface area contributed by atoms with Crippen LogP contribution in [0.15, 0.2) is 84.7 Å². The third kappa shape index (κ3) is 3.25. The van der Waals surface area contributed by atoms with Gasteiger partial charge in [-0.1, -0.05) is 36.4 Å². The largest absolute Gasteiger partial charge is 0.507 e. The maximum Gasteiger partial charge on any atom is 0.300 e. The summed E-state index contributed by atoms with van der Waals surface area (Å²) in [5.74, 6) is -1.12. The number of carbonyl (C=O) groups excluding carboxylic acids is 2. The molecule has 0 saturated carbocycles. The molecule has 1 amide bonds. The molecule has 144 valence electrons. The van der Waals surface area contributed by atoms with Gasteiger partial charge in [-0.2, -0.15) is 0 Å². The van der Waals surface area contributed by atoms with Crippen molar-refractivity contribution in [1.82, 2.24) is 4.98 Å². The molecule has 4 rings (SSSR count). The molecule has 1 saturated heterocycles. The lowest BCUT2D eigenvalue weighted by molar-refractivity contribution is -0.132. The Morgan fingerprint density at radius 2 is 1.72 bits per heavy atom. The summed E-state index contributed by atoms with van der Waals surface area (Å²) >= 11 is 0. The molecule has 1 aliphatic rings. The summed E-state index contributed by atoms with van der Waals surface area (Å²) in [6.07, 6.45) is 3.04. The highest BCUT2D eigenvalue weighted by Gasteiger charge is 2.46. The lowest BCUT2D eigenvalue weighted by Crippen LogP contribution is -2.29. The third-order valence-electron chi connectivity index (χ3n) is 4.84. The number of methoxy groups -OCH3 is 1. The first-order chi connectivity index (χ1) is 14.1. The molecule has 29 heavy (non-hydrogen) atoms. The lowest BCUT2D eigenvalue weighted by atomic mass is 9.95. The number of ketones is 1. The van der Waals surface area contributed by atoms with Gasteiger partial charge in [0, 0.05) is 29.7 Å². The SMILES string of the molecule is COc1cccc(N2C(=O)C(=O)/C(=C(/O)c3ccncc3)C2c2ccccc2)c1. The fraction of sp³-hybridized carbons (Fsp3) is 0.0870. The normalized spacial score (nSPS) is 18.1. The van der Waals surface area contributed by atoms with Crippen LogP contribution in [0.4, 0.5) is 5.69 Å². The number of hydrogen-bond donors (Lipinski definition) is 1. The average Bonchev–Trinajstić information content (AvgIpc) is 3.05. The summed E-state index contributed by atoms with van der Waals surface area (Å²) in [6, 6.07) is 18.5. The lowest BCUT2D eigenvalue weighted by Gasteiger charge is -2.25. The van der Waals surface area contributed by atoms with Crippen molar-refractivity contribution in [3.8, 4) is 5.75 Å². The van der Waals surface area contributed by atoms with Crippen LogP contribution >= 0.6 is 0 Å². The van der Waals surface area contributed by atoms with E-state index in [1.54, 1.807) is 36.4 Å². The van der Waals surface area contributed by atoms with Gasteiger partial charge in [0.05, 0.1) is 18.7 Å². The number of rotatable bonds is 4. The Labute approximate surface area is 167 Å². The number of nitrogens with zero attached hydrogens (tertiary/aromatic N) is 2. The van der Waals surface area contributed by atoms with Crippen LogP contribution in [0.25, 0.3) is 5.76 Å². The van der Waals surface area contributed by atoms with Crippen molar-refractivity contribution < 1.29 is 19.4 Å². The van der Waals surface area contributed by atoms with E-state index in [1.165, 1.54) is 24.4 Å². The van der Waals surface area contributed by atoms with Gasteiger partial charge in [-0.05, 0) is 29.8 Å². The zero-order valence-corrected chi connectivity index (χ0v) is 15.6. The molecule has 0 bridgehead atoms. The molecule has 0 aliphatic carbocycles. The number of hydrogen-bond acceptors (Lipinski definition) is 5. The highest BCUT2D eigenvalue weighted by Crippen LogP contribution is 2.42. The Morgan fingerprint density at radius 1 is 1.00 bits per heavy atom. The zero-order chi connectivity index (χ0) is 20.4. The first kappa shape index (κ1) is 18.4. The van der Waals surface area contributed by atoms with Crippen LogP contribution in [0, 0.1) is 0 Å². The number of pyridine rings is 1. The number of ether oxygens (including phenoxy) is 1.